The molecule has 0 unspecified atom stereocenters. The summed E-state index contributed by atoms with van der Waals surface area (Å²) in [5.74, 6) is 1.60. The van der Waals surface area contributed by atoms with E-state index in [2.05, 4.69) is 10.3 Å². The summed E-state index contributed by atoms with van der Waals surface area (Å²) in [6, 6.07) is 0.485. The molecule has 1 aromatic rings. The molecule has 0 aromatic carbocycles. The number of amides is 1. The largest absolute Gasteiger partial charge is 0.447 e. The van der Waals surface area contributed by atoms with Gasteiger partial charge in [0.2, 0.25) is 5.91 Å². The maximum Gasteiger partial charge on any atom is 0.225 e. The molecule has 1 N–H and O–H groups in total. The van der Waals surface area contributed by atoms with Gasteiger partial charge in [0.15, 0.2) is 6.39 Å². The highest BCUT2D eigenvalue weighted by molar-refractivity contribution is 5.81. The van der Waals surface area contributed by atoms with Crippen LogP contribution in [0.2, 0.25) is 0 Å². The molecule has 0 bridgehead atoms. The Kier molecular flexibility index (Phi) is 3.32. The molecule has 5 heteroatoms. The Morgan fingerprint density at radius 1 is 1.39 bits per heavy atom. The summed E-state index contributed by atoms with van der Waals surface area (Å²) < 4.78 is 5.19. The summed E-state index contributed by atoms with van der Waals surface area (Å²) in [7, 11) is 0. The number of piperidine rings is 1. The molecule has 1 aliphatic heterocycles. The first-order valence-corrected chi connectivity index (χ1v) is 6.72. The molecular weight excluding hydrogens is 230 g/mol. The van der Waals surface area contributed by atoms with E-state index < -0.39 is 0 Å². The summed E-state index contributed by atoms with van der Waals surface area (Å²) in [6.45, 7) is 2.51. The number of likely N-dealkylation sites (tertiary alicyclic amines) is 1. The summed E-state index contributed by atoms with van der Waals surface area (Å²) in [6.07, 6.45) is 7.46. The summed E-state index contributed by atoms with van der Waals surface area (Å²) in [4.78, 5) is 17.8. The van der Waals surface area contributed by atoms with Crippen LogP contribution < -0.4 is 5.32 Å². The van der Waals surface area contributed by atoms with Crippen molar-refractivity contribution in [2.75, 3.05) is 13.1 Å². The van der Waals surface area contributed by atoms with E-state index in [1.165, 1.54) is 6.39 Å². The first-order chi connectivity index (χ1) is 8.83. The summed E-state index contributed by atoms with van der Waals surface area (Å²) >= 11 is 0. The second-order valence-corrected chi connectivity index (χ2v) is 5.22. The fraction of sp³-hybridized carbons (Fsp3) is 0.692. The van der Waals surface area contributed by atoms with Crippen LogP contribution in [0.4, 0.5) is 0 Å². The molecule has 2 aliphatic rings. The van der Waals surface area contributed by atoms with Gasteiger partial charge in [-0.3, -0.25) is 4.79 Å². The highest BCUT2D eigenvalue weighted by Crippen LogP contribution is 2.31. The van der Waals surface area contributed by atoms with Crippen molar-refractivity contribution in [1.82, 2.24) is 15.2 Å². The first-order valence-electron chi connectivity index (χ1n) is 6.72. The lowest BCUT2D eigenvalue weighted by molar-refractivity contribution is -0.133. The molecule has 2 fully saturated rings. The maximum absolute atomic E-state index is 11.9. The summed E-state index contributed by atoms with van der Waals surface area (Å²) in [5, 5.41) is 3.46. The van der Waals surface area contributed by atoms with Gasteiger partial charge in [0.1, 0.15) is 5.76 Å². The molecule has 98 valence electrons. The van der Waals surface area contributed by atoms with Gasteiger partial charge in [-0.15, -0.1) is 0 Å². The zero-order chi connectivity index (χ0) is 12.4. The number of hydrogen-bond acceptors (Lipinski definition) is 4. The number of rotatable bonds is 4. The zero-order valence-electron chi connectivity index (χ0n) is 10.5. The van der Waals surface area contributed by atoms with Crippen molar-refractivity contribution in [1.29, 1.82) is 0 Å². The van der Waals surface area contributed by atoms with Crippen molar-refractivity contribution in [2.45, 2.75) is 38.3 Å². The molecule has 1 aliphatic carbocycles. The second kappa shape index (κ2) is 5.10. The van der Waals surface area contributed by atoms with Gasteiger partial charge < -0.3 is 14.6 Å². The Bertz CT molecular complexity index is 392. The Morgan fingerprint density at radius 3 is 2.78 bits per heavy atom. The lowest BCUT2D eigenvalue weighted by Gasteiger charge is -2.32. The monoisotopic (exact) mass is 249 g/mol. The van der Waals surface area contributed by atoms with Crippen LogP contribution >= 0.6 is 0 Å². The fourth-order valence-corrected chi connectivity index (χ4v) is 2.47. The van der Waals surface area contributed by atoms with Crippen LogP contribution in [0.15, 0.2) is 17.0 Å². The molecule has 0 spiro atoms. The maximum atomic E-state index is 11.9. The van der Waals surface area contributed by atoms with E-state index in [9.17, 15) is 4.79 Å². The number of aromatic nitrogens is 1. The molecule has 0 radical (unpaired) electrons. The van der Waals surface area contributed by atoms with Crippen molar-refractivity contribution < 1.29 is 9.21 Å². The smallest absolute Gasteiger partial charge is 0.225 e. The van der Waals surface area contributed by atoms with Crippen molar-refractivity contribution in [3.63, 3.8) is 0 Å². The minimum Gasteiger partial charge on any atom is -0.447 e. The molecule has 1 saturated heterocycles. The van der Waals surface area contributed by atoms with E-state index in [-0.39, 0.29) is 0 Å². The van der Waals surface area contributed by atoms with Gasteiger partial charge >= 0.3 is 0 Å². The summed E-state index contributed by atoms with van der Waals surface area (Å²) in [5.41, 5.74) is 0. The number of carbonyl (C=O) groups excluding carboxylic acids is 1. The van der Waals surface area contributed by atoms with Gasteiger partial charge in [0.25, 0.3) is 0 Å². The Morgan fingerprint density at radius 2 is 2.17 bits per heavy atom. The number of carbonyl (C=O) groups is 1. The zero-order valence-corrected chi connectivity index (χ0v) is 10.5. The van der Waals surface area contributed by atoms with Gasteiger partial charge in [0.05, 0.1) is 12.7 Å². The predicted molar refractivity (Wildman–Crippen MR) is 65.7 cm³/mol. The molecule has 18 heavy (non-hydrogen) atoms. The minimum absolute atomic E-state index is 0.351. The molecule has 1 aromatic heterocycles. The molecular formula is C13H19N3O2. The van der Waals surface area contributed by atoms with Crippen LogP contribution in [-0.4, -0.2) is 34.9 Å². The highest BCUT2D eigenvalue weighted by atomic mass is 16.3. The second-order valence-electron chi connectivity index (χ2n) is 5.22. The third-order valence-corrected chi connectivity index (χ3v) is 3.78. The minimum atomic E-state index is 0.351. The van der Waals surface area contributed by atoms with Crippen LogP contribution in [0, 0.1) is 5.92 Å². The van der Waals surface area contributed by atoms with E-state index in [0.29, 0.717) is 17.9 Å². The molecule has 2 heterocycles. The van der Waals surface area contributed by atoms with E-state index in [4.69, 9.17) is 4.42 Å². The highest BCUT2D eigenvalue weighted by Gasteiger charge is 2.34. The Labute approximate surface area is 107 Å². The van der Waals surface area contributed by atoms with Crippen LogP contribution in [0.3, 0.4) is 0 Å². The van der Waals surface area contributed by atoms with Crippen molar-refractivity contribution in [3.8, 4) is 0 Å². The first kappa shape index (κ1) is 11.7. The molecule has 5 nitrogen and oxygen atoms in total. The van der Waals surface area contributed by atoms with Gasteiger partial charge in [-0.1, -0.05) is 0 Å². The number of nitrogens with one attached hydrogen (secondary N) is 1. The molecule has 0 atom stereocenters. The van der Waals surface area contributed by atoms with Crippen LogP contribution in [0.5, 0.6) is 0 Å². The molecule has 1 saturated carbocycles. The van der Waals surface area contributed by atoms with Crippen molar-refractivity contribution in [2.24, 2.45) is 5.92 Å². The Balaban J connectivity index is 1.41. The molecule has 1 amide bonds. The lowest BCUT2D eigenvalue weighted by atomic mass is 10.0. The number of oxazole rings is 1. The van der Waals surface area contributed by atoms with E-state index in [0.717, 1.165) is 51.1 Å². The van der Waals surface area contributed by atoms with Crippen LogP contribution in [0.25, 0.3) is 0 Å². The van der Waals surface area contributed by atoms with E-state index in [1.54, 1.807) is 6.20 Å². The van der Waals surface area contributed by atoms with Gasteiger partial charge in [0, 0.05) is 25.0 Å². The standard InChI is InChI=1S/C13H19N3O2/c17-13(10-1-2-10)16-5-3-11(4-6-16)15-8-12-7-14-9-18-12/h7,9-11,15H,1-6,8H2. The predicted octanol–water partition coefficient (Wildman–Crippen LogP) is 1.17. The normalized spacial score (nSPS) is 21.2. The topological polar surface area (TPSA) is 58.4 Å². The number of hydrogen-bond donors (Lipinski definition) is 1. The quantitative estimate of drug-likeness (QED) is 0.870. The van der Waals surface area contributed by atoms with Crippen LogP contribution in [0.1, 0.15) is 31.4 Å². The average Bonchev–Trinajstić information content (AvgIpc) is 3.13. The van der Waals surface area contributed by atoms with Gasteiger partial charge in [-0.25, -0.2) is 4.98 Å². The van der Waals surface area contributed by atoms with Gasteiger partial charge in [-0.05, 0) is 25.7 Å². The van der Waals surface area contributed by atoms with Gasteiger partial charge in [-0.2, -0.15) is 0 Å². The molecule has 3 rings (SSSR count). The van der Waals surface area contributed by atoms with Crippen molar-refractivity contribution >= 4 is 5.91 Å². The van der Waals surface area contributed by atoms with Crippen LogP contribution in [-0.2, 0) is 11.3 Å². The SMILES string of the molecule is O=C(C1CC1)N1CCC(NCc2cnco2)CC1. The average molecular weight is 249 g/mol. The third-order valence-electron chi connectivity index (χ3n) is 3.78. The Hall–Kier alpha value is -1.36. The van der Waals surface area contributed by atoms with Crippen molar-refractivity contribution in [3.05, 3.63) is 18.4 Å². The lowest BCUT2D eigenvalue weighted by Crippen LogP contribution is -2.45. The number of nitrogens with zero attached hydrogens (tertiary/aromatic N) is 2. The van der Waals surface area contributed by atoms with E-state index >= 15 is 0 Å². The van der Waals surface area contributed by atoms with E-state index in [1.807, 2.05) is 4.90 Å². The third kappa shape index (κ3) is 2.72. The fourth-order valence-electron chi connectivity index (χ4n) is 2.47.